The number of hydrogen-bond acceptors (Lipinski definition) is 5. The van der Waals surface area contributed by atoms with Crippen molar-refractivity contribution in [3.05, 3.63) is 81.6 Å². The molecule has 0 saturated carbocycles. The number of carbonyl (C=O) groups excluding carboxylic acids is 1. The van der Waals surface area contributed by atoms with Gasteiger partial charge in [-0.1, -0.05) is 48.0 Å². The van der Waals surface area contributed by atoms with Crippen molar-refractivity contribution in [3.8, 4) is 5.69 Å². The van der Waals surface area contributed by atoms with E-state index in [4.69, 9.17) is 26.2 Å². The van der Waals surface area contributed by atoms with E-state index in [-0.39, 0.29) is 19.1 Å². The standard InChI is InChI=1S/C31H37ClN4O3/c1-38-21-28-30(31(37)35-18-14-26(15-19-35)34-16-3-4-17-34)29(22-39-2)36(33-28)27-7-5-6-24(20-27)9-8-23-10-12-25(32)13-11-23/h5-13,20,26H,3-4,14-19,21-22H2,1-2H3/b9-8+. The highest BCUT2D eigenvalue weighted by molar-refractivity contribution is 6.30. The lowest BCUT2D eigenvalue weighted by atomic mass is 10.0. The molecule has 0 unspecified atom stereocenters. The van der Waals surface area contributed by atoms with Crippen molar-refractivity contribution in [1.29, 1.82) is 0 Å². The van der Waals surface area contributed by atoms with Crippen molar-refractivity contribution < 1.29 is 14.3 Å². The first-order chi connectivity index (χ1) is 19.1. The van der Waals surface area contributed by atoms with Gasteiger partial charge in [-0.3, -0.25) is 4.79 Å². The summed E-state index contributed by atoms with van der Waals surface area (Å²) < 4.78 is 12.9. The summed E-state index contributed by atoms with van der Waals surface area (Å²) in [6, 6.07) is 16.4. The Morgan fingerprint density at radius 2 is 1.64 bits per heavy atom. The van der Waals surface area contributed by atoms with Crippen LogP contribution in [0.25, 0.3) is 17.8 Å². The summed E-state index contributed by atoms with van der Waals surface area (Å²) in [7, 11) is 3.28. The molecular formula is C31H37ClN4O3. The minimum atomic E-state index is 0.0130. The molecule has 3 aromatic rings. The van der Waals surface area contributed by atoms with Crippen molar-refractivity contribution in [2.24, 2.45) is 0 Å². The van der Waals surface area contributed by atoms with Crippen LogP contribution in [-0.4, -0.2) is 71.9 Å². The van der Waals surface area contributed by atoms with Crippen LogP contribution in [0, 0.1) is 0 Å². The van der Waals surface area contributed by atoms with Crippen LogP contribution in [0.1, 0.15) is 58.6 Å². The van der Waals surface area contributed by atoms with Gasteiger partial charge >= 0.3 is 0 Å². The smallest absolute Gasteiger partial charge is 0.257 e. The molecule has 0 aliphatic carbocycles. The fraction of sp³-hybridized carbons (Fsp3) is 0.419. The maximum absolute atomic E-state index is 13.9. The van der Waals surface area contributed by atoms with E-state index < -0.39 is 0 Å². The Kier molecular flexibility index (Phi) is 9.14. The Labute approximate surface area is 236 Å². The van der Waals surface area contributed by atoms with Gasteiger partial charge in [0.15, 0.2) is 0 Å². The summed E-state index contributed by atoms with van der Waals surface area (Å²) in [5, 5.41) is 5.58. The molecule has 2 aromatic carbocycles. The summed E-state index contributed by atoms with van der Waals surface area (Å²) in [5.74, 6) is 0.0130. The molecule has 7 nitrogen and oxygen atoms in total. The molecule has 0 N–H and O–H groups in total. The van der Waals surface area contributed by atoms with E-state index in [0.717, 1.165) is 48.4 Å². The molecule has 1 aromatic heterocycles. The van der Waals surface area contributed by atoms with Gasteiger partial charge in [0.2, 0.25) is 0 Å². The zero-order valence-electron chi connectivity index (χ0n) is 22.8. The van der Waals surface area contributed by atoms with E-state index in [1.165, 1.54) is 25.9 Å². The number of carbonyl (C=O) groups is 1. The van der Waals surface area contributed by atoms with E-state index in [2.05, 4.69) is 17.0 Å². The number of piperidine rings is 1. The van der Waals surface area contributed by atoms with E-state index in [0.29, 0.717) is 22.3 Å². The third kappa shape index (κ3) is 6.44. The monoisotopic (exact) mass is 548 g/mol. The molecule has 1 amide bonds. The average molecular weight is 549 g/mol. The van der Waals surface area contributed by atoms with Crippen LogP contribution in [0.3, 0.4) is 0 Å². The van der Waals surface area contributed by atoms with E-state index >= 15 is 0 Å². The predicted octanol–water partition coefficient (Wildman–Crippen LogP) is 5.69. The molecular weight excluding hydrogens is 512 g/mol. The maximum Gasteiger partial charge on any atom is 0.257 e. The van der Waals surface area contributed by atoms with Crippen LogP contribution in [0.2, 0.25) is 5.02 Å². The first-order valence-corrected chi connectivity index (χ1v) is 14.1. The molecule has 206 valence electrons. The van der Waals surface area contributed by atoms with Crippen LogP contribution in [-0.2, 0) is 22.7 Å². The summed E-state index contributed by atoms with van der Waals surface area (Å²) in [4.78, 5) is 18.5. The first-order valence-electron chi connectivity index (χ1n) is 13.7. The highest BCUT2D eigenvalue weighted by Gasteiger charge is 2.32. The van der Waals surface area contributed by atoms with Gasteiger partial charge in [0.25, 0.3) is 5.91 Å². The molecule has 0 bridgehead atoms. The highest BCUT2D eigenvalue weighted by Crippen LogP contribution is 2.27. The van der Waals surface area contributed by atoms with Gasteiger partial charge < -0.3 is 19.3 Å². The van der Waals surface area contributed by atoms with Crippen molar-refractivity contribution in [1.82, 2.24) is 19.6 Å². The lowest BCUT2D eigenvalue weighted by Gasteiger charge is -2.36. The van der Waals surface area contributed by atoms with E-state index in [1.807, 2.05) is 58.1 Å². The van der Waals surface area contributed by atoms with Crippen LogP contribution < -0.4 is 0 Å². The lowest BCUT2D eigenvalue weighted by molar-refractivity contribution is 0.0635. The SMILES string of the molecule is COCc1nn(-c2cccc(/C=C/c3ccc(Cl)cc3)c2)c(COC)c1C(=O)N1CCC(N2CCCC2)CC1. The van der Waals surface area contributed by atoms with E-state index in [9.17, 15) is 4.79 Å². The zero-order valence-corrected chi connectivity index (χ0v) is 23.6. The lowest BCUT2D eigenvalue weighted by Crippen LogP contribution is -2.46. The number of aromatic nitrogens is 2. The number of benzene rings is 2. The van der Waals surface area contributed by atoms with Crippen molar-refractivity contribution in [2.45, 2.75) is 44.9 Å². The predicted molar refractivity (Wildman–Crippen MR) is 155 cm³/mol. The quantitative estimate of drug-likeness (QED) is 0.322. The molecule has 2 aliphatic rings. The Bertz CT molecular complexity index is 1290. The molecule has 2 saturated heterocycles. The molecule has 0 radical (unpaired) electrons. The van der Waals surface area contributed by atoms with Crippen LogP contribution in [0.15, 0.2) is 48.5 Å². The van der Waals surface area contributed by atoms with Crippen molar-refractivity contribution in [2.75, 3.05) is 40.4 Å². The molecule has 2 fully saturated rings. The number of rotatable bonds is 9. The first kappa shape index (κ1) is 27.6. The molecule has 3 heterocycles. The Balaban J connectivity index is 1.42. The zero-order chi connectivity index (χ0) is 27.2. The fourth-order valence-electron chi connectivity index (χ4n) is 5.70. The Morgan fingerprint density at radius 3 is 2.33 bits per heavy atom. The normalized spacial score (nSPS) is 16.9. The second-order valence-corrected chi connectivity index (χ2v) is 10.7. The Morgan fingerprint density at radius 1 is 0.949 bits per heavy atom. The van der Waals surface area contributed by atoms with Gasteiger partial charge in [0.05, 0.1) is 30.2 Å². The van der Waals surface area contributed by atoms with Gasteiger partial charge in [0, 0.05) is 38.4 Å². The summed E-state index contributed by atoms with van der Waals surface area (Å²) in [5.41, 5.74) is 4.93. The Hall–Kier alpha value is -2.97. The van der Waals surface area contributed by atoms with Gasteiger partial charge in [-0.25, -0.2) is 4.68 Å². The van der Waals surface area contributed by atoms with Crippen LogP contribution in [0.4, 0.5) is 0 Å². The number of nitrogens with zero attached hydrogens (tertiary/aromatic N) is 4. The molecule has 0 atom stereocenters. The minimum Gasteiger partial charge on any atom is -0.378 e. The summed E-state index contributed by atoms with van der Waals surface area (Å²) in [6.45, 7) is 4.42. The number of halogens is 1. The molecule has 5 rings (SSSR count). The van der Waals surface area contributed by atoms with Crippen molar-refractivity contribution in [3.63, 3.8) is 0 Å². The van der Waals surface area contributed by atoms with Gasteiger partial charge in [-0.2, -0.15) is 5.10 Å². The second kappa shape index (κ2) is 12.9. The average Bonchev–Trinajstić information content (AvgIpc) is 3.62. The molecule has 39 heavy (non-hydrogen) atoms. The summed E-state index contributed by atoms with van der Waals surface area (Å²) >= 11 is 6.02. The van der Waals surface area contributed by atoms with Crippen LogP contribution in [0.5, 0.6) is 0 Å². The van der Waals surface area contributed by atoms with Gasteiger partial charge in [-0.15, -0.1) is 0 Å². The van der Waals surface area contributed by atoms with Crippen molar-refractivity contribution >= 4 is 29.7 Å². The molecule has 8 heteroatoms. The number of methoxy groups -OCH3 is 2. The second-order valence-electron chi connectivity index (χ2n) is 10.3. The maximum atomic E-state index is 13.9. The van der Waals surface area contributed by atoms with Crippen LogP contribution >= 0.6 is 11.6 Å². The van der Waals surface area contributed by atoms with Gasteiger partial charge in [-0.05, 0) is 74.2 Å². The molecule has 0 spiro atoms. The number of hydrogen-bond donors (Lipinski definition) is 0. The number of likely N-dealkylation sites (tertiary alicyclic amines) is 2. The number of amides is 1. The summed E-state index contributed by atoms with van der Waals surface area (Å²) in [6.07, 6.45) is 8.71. The minimum absolute atomic E-state index is 0.0130. The highest BCUT2D eigenvalue weighted by atomic mass is 35.5. The fourth-order valence-corrected chi connectivity index (χ4v) is 5.82. The molecule has 2 aliphatic heterocycles. The topological polar surface area (TPSA) is 59.8 Å². The van der Waals surface area contributed by atoms with E-state index in [1.54, 1.807) is 14.2 Å². The van der Waals surface area contributed by atoms with Gasteiger partial charge in [0.1, 0.15) is 5.69 Å². The third-order valence-corrected chi connectivity index (χ3v) is 7.94. The third-order valence-electron chi connectivity index (χ3n) is 7.69. The largest absolute Gasteiger partial charge is 0.378 e. The number of ether oxygens (including phenoxy) is 2.